The van der Waals surface area contributed by atoms with Gasteiger partial charge in [-0.15, -0.1) is 11.3 Å². The number of hydrogen-bond donors (Lipinski definition) is 1. The summed E-state index contributed by atoms with van der Waals surface area (Å²) in [5, 5.41) is 12.5. The Hall–Kier alpha value is -1.41. The van der Waals surface area contributed by atoms with Gasteiger partial charge in [0.05, 0.1) is 0 Å². The summed E-state index contributed by atoms with van der Waals surface area (Å²) in [6, 6.07) is 7.50. The number of hydrogen-bond acceptors (Lipinski definition) is 5. The molecule has 0 radical (unpaired) electrons. The van der Waals surface area contributed by atoms with Crippen LogP contribution in [0.15, 0.2) is 33.9 Å². The maximum atomic E-state index is 12.6. The van der Waals surface area contributed by atoms with E-state index in [1.807, 2.05) is 19.1 Å². The van der Waals surface area contributed by atoms with Crippen LogP contribution >= 0.6 is 11.3 Å². The number of rotatable bonds is 4. The van der Waals surface area contributed by atoms with Gasteiger partial charge >= 0.3 is 0 Å². The van der Waals surface area contributed by atoms with Crippen molar-refractivity contribution in [1.82, 2.24) is 9.21 Å². The lowest BCUT2D eigenvalue weighted by molar-refractivity contribution is 0.180. The maximum absolute atomic E-state index is 12.6. The Kier molecular flexibility index (Phi) is 5.68. The monoisotopic (exact) mass is 408 g/mol. The van der Waals surface area contributed by atoms with Crippen LogP contribution in [0.1, 0.15) is 37.5 Å². The summed E-state index contributed by atoms with van der Waals surface area (Å²) < 4.78 is 27.3. The molecule has 0 saturated carbocycles. The minimum atomic E-state index is -3.38. The van der Waals surface area contributed by atoms with Crippen molar-refractivity contribution >= 4 is 21.4 Å². The second-order valence-electron chi connectivity index (χ2n) is 8.18. The topological polar surface area (TPSA) is 60.9 Å². The van der Waals surface area contributed by atoms with Gasteiger partial charge in [-0.05, 0) is 29.3 Å². The first-order valence-corrected chi connectivity index (χ1v) is 11.5. The maximum Gasteiger partial charge on any atom is 0.252 e. The number of aryl methyl sites for hydroxylation is 1. The van der Waals surface area contributed by atoms with Crippen molar-refractivity contribution in [1.29, 1.82) is 0 Å². The van der Waals surface area contributed by atoms with Crippen LogP contribution < -0.4 is 0 Å². The number of phenols is 1. The minimum Gasteiger partial charge on any atom is -0.507 e. The number of aromatic hydroxyl groups is 1. The first kappa shape index (κ1) is 20.3. The van der Waals surface area contributed by atoms with Crippen LogP contribution in [-0.2, 0) is 22.0 Å². The first-order valence-electron chi connectivity index (χ1n) is 9.18. The quantitative estimate of drug-likeness (QED) is 0.840. The molecule has 5 nitrogen and oxygen atoms in total. The molecule has 1 aromatic carbocycles. The molecule has 1 N–H and O–H groups in total. The van der Waals surface area contributed by atoms with E-state index in [0.29, 0.717) is 42.7 Å². The SMILES string of the molecule is Cc1cc(CN2CCN(S(=O)(=O)c3cccs3)CC2)c(O)c(C(C)(C)C)c1. The van der Waals surface area contributed by atoms with E-state index in [2.05, 4.69) is 25.7 Å². The Labute approximate surface area is 166 Å². The van der Waals surface area contributed by atoms with Gasteiger partial charge in [0, 0.05) is 38.3 Å². The lowest BCUT2D eigenvalue weighted by Gasteiger charge is -2.34. The zero-order chi connectivity index (χ0) is 19.8. The molecule has 0 atom stereocenters. The molecule has 1 aliphatic heterocycles. The Balaban J connectivity index is 1.71. The van der Waals surface area contributed by atoms with E-state index in [9.17, 15) is 13.5 Å². The molecular weight excluding hydrogens is 380 g/mol. The molecule has 0 spiro atoms. The smallest absolute Gasteiger partial charge is 0.252 e. The second kappa shape index (κ2) is 7.54. The molecule has 1 saturated heterocycles. The molecule has 1 aliphatic rings. The molecular formula is C20H28N2O3S2. The molecule has 0 aliphatic carbocycles. The Morgan fingerprint density at radius 1 is 1.15 bits per heavy atom. The highest BCUT2D eigenvalue weighted by Gasteiger charge is 2.30. The second-order valence-corrected chi connectivity index (χ2v) is 11.3. The molecule has 3 rings (SSSR count). The molecule has 148 valence electrons. The predicted octanol–water partition coefficient (Wildman–Crippen LogP) is 3.57. The van der Waals surface area contributed by atoms with E-state index in [4.69, 9.17) is 0 Å². The van der Waals surface area contributed by atoms with Gasteiger partial charge < -0.3 is 5.11 Å². The molecule has 0 bridgehead atoms. The number of piperazine rings is 1. The summed E-state index contributed by atoms with van der Waals surface area (Å²) in [6.45, 7) is 11.2. The van der Waals surface area contributed by atoms with Gasteiger partial charge in [-0.2, -0.15) is 4.31 Å². The van der Waals surface area contributed by atoms with Crippen LogP contribution in [0.2, 0.25) is 0 Å². The number of thiophene rings is 1. The predicted molar refractivity (Wildman–Crippen MR) is 110 cm³/mol. The van der Waals surface area contributed by atoms with E-state index in [-0.39, 0.29) is 5.41 Å². The first-order chi connectivity index (χ1) is 12.6. The number of nitrogens with zero attached hydrogens (tertiary/aromatic N) is 2. The van der Waals surface area contributed by atoms with E-state index in [0.717, 1.165) is 16.7 Å². The van der Waals surface area contributed by atoms with Gasteiger partial charge in [0.25, 0.3) is 10.0 Å². The zero-order valence-corrected chi connectivity index (χ0v) is 18.0. The average molecular weight is 409 g/mol. The van der Waals surface area contributed by atoms with Crippen molar-refractivity contribution in [2.45, 2.75) is 43.9 Å². The van der Waals surface area contributed by atoms with Crippen molar-refractivity contribution in [3.63, 3.8) is 0 Å². The summed E-state index contributed by atoms with van der Waals surface area (Å²) in [5.41, 5.74) is 2.87. The summed E-state index contributed by atoms with van der Waals surface area (Å²) in [4.78, 5) is 2.21. The Morgan fingerprint density at radius 3 is 2.37 bits per heavy atom. The summed E-state index contributed by atoms with van der Waals surface area (Å²) in [6.07, 6.45) is 0. The van der Waals surface area contributed by atoms with Gasteiger partial charge in [0.1, 0.15) is 9.96 Å². The number of benzene rings is 1. The third-order valence-electron chi connectivity index (χ3n) is 4.96. The fraction of sp³-hybridized carbons (Fsp3) is 0.500. The molecule has 0 amide bonds. The van der Waals surface area contributed by atoms with E-state index < -0.39 is 10.0 Å². The van der Waals surface area contributed by atoms with Crippen LogP contribution in [-0.4, -0.2) is 48.9 Å². The van der Waals surface area contributed by atoms with Crippen LogP contribution in [0.4, 0.5) is 0 Å². The highest BCUT2D eigenvalue weighted by Crippen LogP contribution is 2.35. The summed E-state index contributed by atoms with van der Waals surface area (Å²) in [7, 11) is -3.38. The van der Waals surface area contributed by atoms with E-state index in [1.165, 1.54) is 11.3 Å². The van der Waals surface area contributed by atoms with Gasteiger partial charge in [0.2, 0.25) is 0 Å². The van der Waals surface area contributed by atoms with Gasteiger partial charge in [0.15, 0.2) is 0 Å². The number of sulfonamides is 1. The lowest BCUT2D eigenvalue weighted by Crippen LogP contribution is -2.48. The molecule has 0 unspecified atom stereocenters. The zero-order valence-electron chi connectivity index (χ0n) is 16.4. The highest BCUT2D eigenvalue weighted by atomic mass is 32.2. The molecule has 1 aromatic heterocycles. The number of phenolic OH excluding ortho intramolecular Hbond substituents is 1. The van der Waals surface area contributed by atoms with Gasteiger partial charge in [-0.3, -0.25) is 4.90 Å². The summed E-state index contributed by atoms with van der Waals surface area (Å²) >= 11 is 1.26. The van der Waals surface area contributed by atoms with Gasteiger partial charge in [-0.1, -0.05) is 44.5 Å². The van der Waals surface area contributed by atoms with Crippen LogP contribution in [0, 0.1) is 6.92 Å². The van der Waals surface area contributed by atoms with Crippen LogP contribution in [0.25, 0.3) is 0 Å². The van der Waals surface area contributed by atoms with Gasteiger partial charge in [-0.25, -0.2) is 8.42 Å². The Morgan fingerprint density at radius 2 is 1.81 bits per heavy atom. The normalized spacial score (nSPS) is 17.3. The fourth-order valence-corrected chi connectivity index (χ4v) is 6.02. The third kappa shape index (κ3) is 4.37. The highest BCUT2D eigenvalue weighted by molar-refractivity contribution is 7.91. The molecule has 27 heavy (non-hydrogen) atoms. The molecule has 1 fully saturated rings. The Bertz CT molecular complexity index is 892. The van der Waals surface area contributed by atoms with Crippen molar-refractivity contribution in [3.05, 3.63) is 46.3 Å². The molecule has 7 heteroatoms. The third-order valence-corrected chi connectivity index (χ3v) is 8.23. The molecule has 2 heterocycles. The lowest BCUT2D eigenvalue weighted by atomic mass is 9.84. The van der Waals surface area contributed by atoms with Crippen LogP contribution in [0.3, 0.4) is 0 Å². The van der Waals surface area contributed by atoms with E-state index in [1.54, 1.807) is 21.8 Å². The molecule has 2 aromatic rings. The fourth-order valence-electron chi connectivity index (χ4n) is 3.45. The van der Waals surface area contributed by atoms with Crippen molar-refractivity contribution < 1.29 is 13.5 Å². The van der Waals surface area contributed by atoms with Crippen molar-refractivity contribution in [3.8, 4) is 5.75 Å². The largest absolute Gasteiger partial charge is 0.507 e. The van der Waals surface area contributed by atoms with Crippen LogP contribution in [0.5, 0.6) is 5.75 Å². The minimum absolute atomic E-state index is 0.127. The van der Waals surface area contributed by atoms with E-state index >= 15 is 0 Å². The standard InChI is InChI=1S/C20H28N2O3S2/c1-15-12-16(19(23)17(13-15)20(2,3)4)14-21-7-9-22(10-8-21)27(24,25)18-6-5-11-26-18/h5-6,11-13,23H,7-10,14H2,1-4H3. The summed E-state index contributed by atoms with van der Waals surface area (Å²) in [5.74, 6) is 0.363. The van der Waals surface area contributed by atoms with Crippen molar-refractivity contribution in [2.24, 2.45) is 0 Å². The van der Waals surface area contributed by atoms with Crippen molar-refractivity contribution in [2.75, 3.05) is 26.2 Å². The average Bonchev–Trinajstić information content (AvgIpc) is 3.13.